The van der Waals surface area contributed by atoms with Crippen LogP contribution in [-0.2, 0) is 13.0 Å². The van der Waals surface area contributed by atoms with Gasteiger partial charge in [0.1, 0.15) is 5.75 Å². The molecule has 0 unspecified atom stereocenters. The molecule has 8 heteroatoms. The highest BCUT2D eigenvalue weighted by Gasteiger charge is 2.29. The van der Waals surface area contributed by atoms with Crippen LogP contribution in [0.2, 0.25) is 0 Å². The Labute approximate surface area is 181 Å². The van der Waals surface area contributed by atoms with Gasteiger partial charge in [0.25, 0.3) is 0 Å². The number of fused-ring (bicyclic) bond motifs is 2. The summed E-state index contributed by atoms with van der Waals surface area (Å²) in [6.07, 6.45) is 1.63. The average molecular weight is 428 g/mol. The first-order valence-corrected chi connectivity index (χ1v) is 11.8. The zero-order chi connectivity index (χ0) is 20.5. The maximum atomic E-state index is 13.0. The molecular weight excluding hydrogens is 398 g/mol. The van der Waals surface area contributed by atoms with E-state index in [4.69, 9.17) is 9.72 Å². The zero-order valence-corrected chi connectivity index (χ0v) is 18.3. The molecule has 0 aliphatic carbocycles. The normalized spacial score (nSPS) is 21.6. The maximum absolute atomic E-state index is 13.0. The van der Waals surface area contributed by atoms with Crippen molar-refractivity contribution < 1.29 is 9.53 Å². The maximum Gasteiger partial charge on any atom is 0.318 e. The van der Waals surface area contributed by atoms with Crippen molar-refractivity contribution in [1.82, 2.24) is 20.1 Å². The number of piperazine rings is 1. The Bertz CT molecular complexity index is 909. The van der Waals surface area contributed by atoms with E-state index in [-0.39, 0.29) is 12.1 Å². The van der Waals surface area contributed by atoms with E-state index in [1.54, 1.807) is 11.3 Å². The van der Waals surface area contributed by atoms with Gasteiger partial charge in [-0.2, -0.15) is 0 Å². The molecule has 1 aromatic carbocycles. The number of carbonyl (C=O) groups is 1. The molecule has 1 aromatic heterocycles. The summed E-state index contributed by atoms with van der Waals surface area (Å²) in [6.45, 7) is 9.61. The number of ether oxygens (including phenoxy) is 1. The molecule has 0 spiro atoms. The second-order valence-electron chi connectivity index (χ2n) is 8.14. The number of hydrogen-bond donors (Lipinski definition) is 1. The Morgan fingerprint density at radius 3 is 2.90 bits per heavy atom. The van der Waals surface area contributed by atoms with Crippen LogP contribution < -0.4 is 15.0 Å². The van der Waals surface area contributed by atoms with Crippen LogP contribution in [0.4, 0.5) is 9.93 Å². The smallest absolute Gasteiger partial charge is 0.318 e. The molecule has 1 fully saturated rings. The van der Waals surface area contributed by atoms with E-state index in [2.05, 4.69) is 22.0 Å². The first-order valence-electron chi connectivity index (χ1n) is 10.9. The van der Waals surface area contributed by atoms with Gasteiger partial charge in [-0.3, -0.25) is 0 Å². The van der Waals surface area contributed by atoms with E-state index in [0.717, 1.165) is 68.6 Å². The Morgan fingerprint density at radius 2 is 2.07 bits per heavy atom. The lowest BCUT2D eigenvalue weighted by Crippen LogP contribution is -2.46. The quantitative estimate of drug-likeness (QED) is 0.816. The Kier molecular flexibility index (Phi) is 5.52. The molecule has 0 saturated carbocycles. The van der Waals surface area contributed by atoms with E-state index in [9.17, 15) is 4.79 Å². The van der Waals surface area contributed by atoms with Crippen molar-refractivity contribution in [2.45, 2.75) is 32.4 Å². The van der Waals surface area contributed by atoms with E-state index >= 15 is 0 Å². The summed E-state index contributed by atoms with van der Waals surface area (Å²) in [7, 11) is 0. The second kappa shape index (κ2) is 8.43. The summed E-state index contributed by atoms with van der Waals surface area (Å²) in [5.41, 5.74) is 2.24. The number of benzene rings is 1. The molecule has 7 nitrogen and oxygen atoms in total. The predicted molar refractivity (Wildman–Crippen MR) is 118 cm³/mol. The molecule has 3 aliphatic rings. The van der Waals surface area contributed by atoms with E-state index < -0.39 is 0 Å². The van der Waals surface area contributed by atoms with Crippen LogP contribution >= 0.6 is 11.3 Å². The summed E-state index contributed by atoms with van der Waals surface area (Å²) >= 11 is 1.76. The van der Waals surface area contributed by atoms with Crippen LogP contribution in [0.15, 0.2) is 24.3 Å². The first-order chi connectivity index (χ1) is 14.7. The van der Waals surface area contributed by atoms with Crippen molar-refractivity contribution in [2.24, 2.45) is 0 Å². The highest BCUT2D eigenvalue weighted by Crippen LogP contribution is 2.33. The van der Waals surface area contributed by atoms with Crippen LogP contribution in [0.3, 0.4) is 0 Å². The molecule has 2 aromatic rings. The molecule has 3 aliphatic heterocycles. The first kappa shape index (κ1) is 19.6. The topological polar surface area (TPSA) is 60.9 Å². The van der Waals surface area contributed by atoms with Crippen molar-refractivity contribution in [3.05, 3.63) is 40.4 Å². The molecule has 1 N–H and O–H groups in total. The third-order valence-corrected chi connectivity index (χ3v) is 7.50. The highest BCUT2D eigenvalue weighted by molar-refractivity contribution is 7.15. The number of rotatable bonds is 3. The molecule has 4 heterocycles. The van der Waals surface area contributed by atoms with E-state index in [0.29, 0.717) is 13.2 Å². The van der Waals surface area contributed by atoms with Gasteiger partial charge in [-0.15, -0.1) is 0 Å². The van der Waals surface area contributed by atoms with Crippen molar-refractivity contribution >= 4 is 22.5 Å². The number of anilines is 1. The number of nitrogens with zero attached hydrogens (tertiary/aromatic N) is 4. The van der Waals surface area contributed by atoms with Crippen LogP contribution in [0.25, 0.3) is 0 Å². The molecule has 2 amide bonds. The molecule has 0 bridgehead atoms. The number of thiazole rings is 1. The fourth-order valence-electron chi connectivity index (χ4n) is 4.48. The Hall–Kier alpha value is -2.32. The number of carbonyl (C=O) groups excluding carboxylic acids is 1. The van der Waals surface area contributed by atoms with Crippen LogP contribution in [-0.4, -0.2) is 66.7 Å². The summed E-state index contributed by atoms with van der Waals surface area (Å²) in [5.74, 6) is 0.880. The van der Waals surface area contributed by atoms with Gasteiger partial charge in [0.2, 0.25) is 0 Å². The lowest BCUT2D eigenvalue weighted by molar-refractivity contribution is 0.181. The van der Waals surface area contributed by atoms with Crippen LogP contribution in [0.5, 0.6) is 5.75 Å². The van der Waals surface area contributed by atoms with Crippen molar-refractivity contribution in [3.8, 4) is 5.75 Å². The highest BCUT2D eigenvalue weighted by atomic mass is 32.1. The SMILES string of the molecule is CCN1CCN(c2nc3c(s2)CN(C(=O)N[C@H]2CCOc4ccccc42)CC3)CC1. The summed E-state index contributed by atoms with van der Waals surface area (Å²) in [4.78, 5) is 26.0. The average Bonchev–Trinajstić information content (AvgIpc) is 3.23. The van der Waals surface area contributed by atoms with Gasteiger partial charge < -0.3 is 24.8 Å². The van der Waals surface area contributed by atoms with Gasteiger partial charge >= 0.3 is 6.03 Å². The molecule has 1 saturated heterocycles. The fourth-order valence-corrected chi connectivity index (χ4v) is 5.65. The number of amides is 2. The van der Waals surface area contributed by atoms with Gasteiger partial charge in [-0.1, -0.05) is 36.5 Å². The van der Waals surface area contributed by atoms with Crippen molar-refractivity contribution in [3.63, 3.8) is 0 Å². The van der Waals surface area contributed by atoms with Gasteiger partial charge in [-0.05, 0) is 12.6 Å². The van der Waals surface area contributed by atoms with Crippen LogP contribution in [0.1, 0.15) is 35.5 Å². The minimum atomic E-state index is 0.00821. The third-order valence-electron chi connectivity index (χ3n) is 6.35. The number of likely N-dealkylation sites (N-methyl/N-ethyl adjacent to an activating group) is 1. The minimum Gasteiger partial charge on any atom is -0.493 e. The summed E-state index contributed by atoms with van der Waals surface area (Å²) < 4.78 is 5.72. The fraction of sp³-hybridized carbons (Fsp3) is 0.545. The molecule has 160 valence electrons. The molecular formula is C22H29N5O2S. The van der Waals surface area contributed by atoms with Crippen molar-refractivity contribution in [2.75, 3.05) is 50.8 Å². The lowest BCUT2D eigenvalue weighted by Gasteiger charge is -2.33. The second-order valence-corrected chi connectivity index (χ2v) is 9.20. The van der Waals surface area contributed by atoms with Crippen molar-refractivity contribution in [1.29, 1.82) is 0 Å². The molecule has 5 rings (SSSR count). The largest absolute Gasteiger partial charge is 0.493 e. The van der Waals surface area contributed by atoms with Gasteiger partial charge in [-0.25, -0.2) is 9.78 Å². The van der Waals surface area contributed by atoms with Gasteiger partial charge in [0, 0.05) is 56.0 Å². The zero-order valence-electron chi connectivity index (χ0n) is 17.5. The number of urea groups is 1. The van der Waals surface area contributed by atoms with E-state index in [1.807, 2.05) is 29.2 Å². The van der Waals surface area contributed by atoms with Crippen LogP contribution in [0, 0.1) is 0 Å². The summed E-state index contributed by atoms with van der Waals surface area (Å²) in [5, 5.41) is 4.35. The molecule has 0 radical (unpaired) electrons. The Balaban J connectivity index is 1.23. The number of hydrogen-bond acceptors (Lipinski definition) is 6. The number of nitrogens with one attached hydrogen (secondary N) is 1. The van der Waals surface area contributed by atoms with Gasteiger partial charge in [0.05, 0.1) is 24.9 Å². The predicted octanol–water partition coefficient (Wildman–Crippen LogP) is 2.88. The number of aromatic nitrogens is 1. The molecule has 30 heavy (non-hydrogen) atoms. The number of para-hydroxylation sites is 1. The lowest BCUT2D eigenvalue weighted by atomic mass is 10.0. The Morgan fingerprint density at radius 1 is 1.23 bits per heavy atom. The minimum absolute atomic E-state index is 0.00821. The van der Waals surface area contributed by atoms with Gasteiger partial charge in [0.15, 0.2) is 5.13 Å². The molecule has 1 atom stereocenters. The third kappa shape index (κ3) is 3.86. The summed E-state index contributed by atoms with van der Waals surface area (Å²) in [6, 6.07) is 8.00. The monoisotopic (exact) mass is 427 g/mol. The standard InChI is InChI=1S/C22H29N5O2S/c1-2-25-10-12-26(13-11-25)22-24-18-7-9-27(15-20(18)30-22)21(28)23-17-8-14-29-19-6-4-3-5-16(17)19/h3-6,17H,2,7-15H2,1H3,(H,23,28)/t17-/m0/s1. The van der Waals surface area contributed by atoms with E-state index in [1.165, 1.54) is 10.6 Å².